The van der Waals surface area contributed by atoms with Gasteiger partial charge < -0.3 is 10.2 Å². The van der Waals surface area contributed by atoms with E-state index in [2.05, 4.69) is 33.8 Å². The maximum atomic E-state index is 12.3. The number of rotatable bonds is 4. The van der Waals surface area contributed by atoms with Gasteiger partial charge in [-0.3, -0.25) is 4.79 Å². The van der Waals surface area contributed by atoms with Gasteiger partial charge in [-0.25, -0.2) is 10.4 Å². The van der Waals surface area contributed by atoms with Crippen molar-refractivity contribution >= 4 is 11.5 Å². The number of hydrazine groups is 1. The van der Waals surface area contributed by atoms with Crippen molar-refractivity contribution < 1.29 is 4.79 Å². The molecule has 5 heteroatoms. The van der Waals surface area contributed by atoms with E-state index in [0.717, 1.165) is 51.1 Å². The second kappa shape index (κ2) is 6.56. The van der Waals surface area contributed by atoms with Crippen molar-refractivity contribution in [3.8, 4) is 0 Å². The molecule has 0 aromatic heterocycles. The SMILES string of the molecule is CN1CCN(NCC(=O)c2ccc3c(c2)CCCN3)CC1. The van der Waals surface area contributed by atoms with Crippen molar-refractivity contribution in [1.29, 1.82) is 0 Å². The number of piperazine rings is 1. The lowest BCUT2D eigenvalue weighted by Gasteiger charge is -2.32. The van der Waals surface area contributed by atoms with Gasteiger partial charge in [-0.05, 0) is 43.7 Å². The number of ketones is 1. The maximum absolute atomic E-state index is 12.3. The van der Waals surface area contributed by atoms with E-state index < -0.39 is 0 Å². The van der Waals surface area contributed by atoms with Crippen molar-refractivity contribution in [2.75, 3.05) is 51.6 Å². The molecule has 0 aliphatic carbocycles. The second-order valence-electron chi connectivity index (χ2n) is 5.95. The summed E-state index contributed by atoms with van der Waals surface area (Å²) in [5.74, 6) is 0.169. The molecule has 1 aromatic carbocycles. The fraction of sp³-hybridized carbons (Fsp3) is 0.562. The smallest absolute Gasteiger partial charge is 0.178 e. The first-order chi connectivity index (χ1) is 10.2. The summed E-state index contributed by atoms with van der Waals surface area (Å²) in [6.07, 6.45) is 2.21. The van der Waals surface area contributed by atoms with Crippen LogP contribution in [0.1, 0.15) is 22.3 Å². The molecule has 2 aliphatic heterocycles. The molecule has 0 atom stereocenters. The number of carbonyl (C=O) groups excluding carboxylic acids is 1. The molecule has 5 nitrogen and oxygen atoms in total. The zero-order valence-corrected chi connectivity index (χ0v) is 12.7. The van der Waals surface area contributed by atoms with Crippen LogP contribution in [0.4, 0.5) is 5.69 Å². The molecule has 0 saturated carbocycles. The third-order valence-corrected chi connectivity index (χ3v) is 4.33. The molecule has 114 valence electrons. The molecule has 0 radical (unpaired) electrons. The summed E-state index contributed by atoms with van der Waals surface area (Å²) in [6, 6.07) is 6.03. The number of aryl methyl sites for hydroxylation is 1. The molecule has 3 rings (SSSR count). The van der Waals surface area contributed by atoms with Gasteiger partial charge in [0, 0.05) is 44.0 Å². The zero-order chi connectivity index (χ0) is 14.7. The Kier molecular flexibility index (Phi) is 4.53. The molecular formula is C16H24N4O. The third-order valence-electron chi connectivity index (χ3n) is 4.33. The number of Topliss-reactive ketones (excluding diaryl/α,β-unsaturated/α-hetero) is 1. The van der Waals surface area contributed by atoms with Crippen LogP contribution in [-0.4, -0.2) is 62.0 Å². The van der Waals surface area contributed by atoms with E-state index in [1.54, 1.807) is 0 Å². The van der Waals surface area contributed by atoms with Gasteiger partial charge in [0.25, 0.3) is 0 Å². The molecule has 21 heavy (non-hydrogen) atoms. The molecule has 2 aliphatic rings. The highest BCUT2D eigenvalue weighted by Gasteiger charge is 2.16. The minimum atomic E-state index is 0.169. The number of hydrogen-bond acceptors (Lipinski definition) is 5. The first kappa shape index (κ1) is 14.5. The maximum Gasteiger partial charge on any atom is 0.178 e. The molecule has 1 aromatic rings. The number of anilines is 1. The van der Waals surface area contributed by atoms with Crippen LogP contribution < -0.4 is 10.7 Å². The minimum Gasteiger partial charge on any atom is -0.385 e. The summed E-state index contributed by atoms with van der Waals surface area (Å²) >= 11 is 0. The molecule has 0 unspecified atom stereocenters. The van der Waals surface area contributed by atoms with Gasteiger partial charge in [-0.2, -0.15) is 0 Å². The fourth-order valence-electron chi connectivity index (χ4n) is 2.90. The molecule has 2 N–H and O–H groups in total. The summed E-state index contributed by atoms with van der Waals surface area (Å²) in [7, 11) is 2.13. The number of nitrogens with zero attached hydrogens (tertiary/aromatic N) is 2. The number of fused-ring (bicyclic) bond motifs is 1. The van der Waals surface area contributed by atoms with Crippen molar-refractivity contribution in [2.45, 2.75) is 12.8 Å². The van der Waals surface area contributed by atoms with Crippen LogP contribution in [0.3, 0.4) is 0 Å². The fourth-order valence-corrected chi connectivity index (χ4v) is 2.90. The van der Waals surface area contributed by atoms with Gasteiger partial charge >= 0.3 is 0 Å². The summed E-state index contributed by atoms with van der Waals surface area (Å²) in [5.41, 5.74) is 6.54. The van der Waals surface area contributed by atoms with Crippen LogP contribution in [0.2, 0.25) is 0 Å². The topological polar surface area (TPSA) is 47.6 Å². The Labute approximate surface area is 126 Å². The molecule has 0 amide bonds. The highest BCUT2D eigenvalue weighted by Crippen LogP contribution is 2.23. The van der Waals surface area contributed by atoms with Crippen molar-refractivity contribution in [3.63, 3.8) is 0 Å². The normalized spacial score (nSPS) is 19.9. The Morgan fingerprint density at radius 3 is 2.90 bits per heavy atom. The zero-order valence-electron chi connectivity index (χ0n) is 12.7. The standard InChI is InChI=1S/C16H24N4O/c1-19-7-9-20(10-8-19)18-12-16(21)14-4-5-15-13(11-14)3-2-6-17-15/h4-5,11,17-18H,2-3,6-10,12H2,1H3. The summed E-state index contributed by atoms with van der Waals surface area (Å²) in [6.45, 7) is 5.45. The minimum absolute atomic E-state index is 0.169. The molecule has 1 fully saturated rings. The average Bonchev–Trinajstić information content (AvgIpc) is 2.53. The highest BCUT2D eigenvalue weighted by molar-refractivity contribution is 5.98. The Bertz CT molecular complexity index is 509. The van der Waals surface area contributed by atoms with E-state index in [1.807, 2.05) is 12.1 Å². The number of likely N-dealkylation sites (N-methyl/N-ethyl adjacent to an activating group) is 1. The predicted molar refractivity (Wildman–Crippen MR) is 84.7 cm³/mol. The Hall–Kier alpha value is -1.43. The van der Waals surface area contributed by atoms with Crippen LogP contribution in [0.15, 0.2) is 18.2 Å². The number of carbonyl (C=O) groups is 1. The first-order valence-corrected chi connectivity index (χ1v) is 7.79. The van der Waals surface area contributed by atoms with Gasteiger partial charge in [-0.1, -0.05) is 0 Å². The lowest BCUT2D eigenvalue weighted by Crippen LogP contribution is -2.51. The van der Waals surface area contributed by atoms with Gasteiger partial charge in [0.15, 0.2) is 5.78 Å². The quantitative estimate of drug-likeness (QED) is 0.809. The number of hydrogen-bond donors (Lipinski definition) is 2. The van der Waals surface area contributed by atoms with E-state index >= 15 is 0 Å². The molecule has 0 bridgehead atoms. The Morgan fingerprint density at radius 1 is 1.29 bits per heavy atom. The highest BCUT2D eigenvalue weighted by atomic mass is 16.1. The molecule has 0 spiro atoms. The van der Waals surface area contributed by atoms with Gasteiger partial charge in [0.2, 0.25) is 0 Å². The van der Waals surface area contributed by atoms with Crippen LogP contribution in [0, 0.1) is 0 Å². The summed E-state index contributed by atoms with van der Waals surface area (Å²) in [4.78, 5) is 14.6. The Balaban J connectivity index is 1.55. The van der Waals surface area contributed by atoms with Crippen molar-refractivity contribution in [2.24, 2.45) is 0 Å². The van der Waals surface area contributed by atoms with Crippen molar-refractivity contribution in [1.82, 2.24) is 15.3 Å². The third kappa shape index (κ3) is 3.61. The van der Waals surface area contributed by atoms with E-state index in [0.29, 0.717) is 6.54 Å². The van der Waals surface area contributed by atoms with Gasteiger partial charge in [0.05, 0.1) is 6.54 Å². The van der Waals surface area contributed by atoms with Crippen LogP contribution in [-0.2, 0) is 6.42 Å². The molecule has 1 saturated heterocycles. The van der Waals surface area contributed by atoms with Crippen LogP contribution >= 0.6 is 0 Å². The second-order valence-corrected chi connectivity index (χ2v) is 5.95. The largest absolute Gasteiger partial charge is 0.385 e. The number of benzene rings is 1. The van der Waals surface area contributed by atoms with Gasteiger partial charge in [-0.15, -0.1) is 0 Å². The molecule has 2 heterocycles. The van der Waals surface area contributed by atoms with Gasteiger partial charge in [0.1, 0.15) is 0 Å². The summed E-state index contributed by atoms with van der Waals surface area (Å²) < 4.78 is 0. The van der Waals surface area contributed by atoms with E-state index in [-0.39, 0.29) is 5.78 Å². The van der Waals surface area contributed by atoms with Crippen LogP contribution in [0.25, 0.3) is 0 Å². The Morgan fingerprint density at radius 2 is 2.10 bits per heavy atom. The monoisotopic (exact) mass is 288 g/mol. The lowest BCUT2D eigenvalue weighted by atomic mass is 9.99. The summed E-state index contributed by atoms with van der Waals surface area (Å²) in [5, 5.41) is 5.53. The molecular weight excluding hydrogens is 264 g/mol. The number of nitrogens with one attached hydrogen (secondary N) is 2. The van der Waals surface area contributed by atoms with E-state index in [4.69, 9.17) is 0 Å². The van der Waals surface area contributed by atoms with Crippen molar-refractivity contribution in [3.05, 3.63) is 29.3 Å². The van der Waals surface area contributed by atoms with E-state index in [9.17, 15) is 4.79 Å². The first-order valence-electron chi connectivity index (χ1n) is 7.79. The predicted octanol–water partition coefficient (Wildman–Crippen LogP) is 0.979. The average molecular weight is 288 g/mol. The van der Waals surface area contributed by atoms with Crippen LogP contribution in [0.5, 0.6) is 0 Å². The van der Waals surface area contributed by atoms with E-state index in [1.165, 1.54) is 11.3 Å². The lowest BCUT2D eigenvalue weighted by molar-refractivity contribution is 0.0838.